The van der Waals surface area contributed by atoms with E-state index in [1.165, 1.54) is 0 Å². The summed E-state index contributed by atoms with van der Waals surface area (Å²) in [4.78, 5) is 0. The minimum absolute atomic E-state index is 0.478. The molecule has 2 atom stereocenters. The first-order chi connectivity index (χ1) is 7.20. The largest absolute Gasteiger partial charge is 0.259 e. The molecule has 0 saturated heterocycles. The van der Waals surface area contributed by atoms with Crippen molar-refractivity contribution in [2.45, 2.75) is 26.2 Å². The van der Waals surface area contributed by atoms with Gasteiger partial charge in [-0.05, 0) is 11.8 Å². The third-order valence-electron chi connectivity index (χ3n) is 1.78. The first kappa shape index (κ1) is 14.8. The van der Waals surface area contributed by atoms with E-state index in [4.69, 9.17) is 0 Å². The highest BCUT2D eigenvalue weighted by atomic mass is 32.2. The van der Waals surface area contributed by atoms with E-state index < -0.39 is 21.6 Å². The van der Waals surface area contributed by atoms with Gasteiger partial charge < -0.3 is 0 Å². The molecule has 0 aromatic carbocycles. The number of rotatable bonds is 9. The van der Waals surface area contributed by atoms with Crippen LogP contribution in [-0.4, -0.2) is 25.7 Å². The average molecular weight is 248 g/mol. The summed E-state index contributed by atoms with van der Waals surface area (Å²) in [5, 5.41) is 1.66. The molecule has 0 aliphatic rings. The van der Waals surface area contributed by atoms with Gasteiger partial charge in [-0.25, -0.2) is 0 Å². The molecule has 2 unspecified atom stereocenters. The summed E-state index contributed by atoms with van der Waals surface area (Å²) in [5.41, 5.74) is 0. The first-order valence-electron chi connectivity index (χ1n) is 5.20. The quantitative estimate of drug-likeness (QED) is 0.464. The van der Waals surface area contributed by atoms with Crippen LogP contribution < -0.4 is 0 Å². The molecule has 0 fully saturated rings. The molecular formula is C11H20O2S2. The van der Waals surface area contributed by atoms with Crippen molar-refractivity contribution in [1.82, 2.24) is 0 Å². The lowest BCUT2D eigenvalue weighted by Crippen LogP contribution is -1.98. The van der Waals surface area contributed by atoms with Gasteiger partial charge in [0.15, 0.2) is 0 Å². The van der Waals surface area contributed by atoms with Crippen molar-refractivity contribution in [2.75, 3.05) is 17.3 Å². The van der Waals surface area contributed by atoms with Gasteiger partial charge in [0, 0.05) is 38.9 Å². The maximum atomic E-state index is 11.4. The molecule has 2 nitrogen and oxygen atoms in total. The summed E-state index contributed by atoms with van der Waals surface area (Å²) in [6.45, 7) is 5.64. The topological polar surface area (TPSA) is 34.1 Å². The highest BCUT2D eigenvalue weighted by Crippen LogP contribution is 1.97. The third kappa shape index (κ3) is 10.1. The molecule has 88 valence electrons. The standard InChI is InChI=1S/C11H20O2S2/c1-3-5-6-9-15(13)11-7-10-14(12)8-4-2/h4,7,11H,2-3,5-6,8-10H2,1H3/b11-7-. The van der Waals surface area contributed by atoms with Crippen LogP contribution in [0, 0.1) is 0 Å². The SMILES string of the molecule is C=CCS(=O)C/C=C\S(=O)CCCCC. The zero-order chi connectivity index (χ0) is 11.5. The summed E-state index contributed by atoms with van der Waals surface area (Å²) in [6, 6.07) is 0. The Morgan fingerprint density at radius 2 is 1.93 bits per heavy atom. The third-order valence-corrected chi connectivity index (χ3v) is 4.14. The molecule has 0 spiro atoms. The molecule has 4 heteroatoms. The molecule has 0 bridgehead atoms. The summed E-state index contributed by atoms with van der Waals surface area (Å²) in [6.07, 6.45) is 6.67. The van der Waals surface area contributed by atoms with E-state index in [-0.39, 0.29) is 0 Å². The molecule has 0 rings (SSSR count). The lowest BCUT2D eigenvalue weighted by Gasteiger charge is -1.95. The maximum Gasteiger partial charge on any atom is 0.0453 e. The molecule has 0 heterocycles. The van der Waals surface area contributed by atoms with Gasteiger partial charge in [-0.3, -0.25) is 8.42 Å². The monoisotopic (exact) mass is 248 g/mol. The molecular weight excluding hydrogens is 228 g/mol. The van der Waals surface area contributed by atoms with Crippen LogP contribution in [0.5, 0.6) is 0 Å². The zero-order valence-corrected chi connectivity index (χ0v) is 10.9. The molecule has 0 N–H and O–H groups in total. The highest BCUT2D eigenvalue weighted by Gasteiger charge is 1.95. The summed E-state index contributed by atoms with van der Waals surface area (Å²) in [7, 11) is -1.77. The minimum atomic E-state index is -0.883. The van der Waals surface area contributed by atoms with Crippen molar-refractivity contribution in [1.29, 1.82) is 0 Å². The van der Waals surface area contributed by atoms with Crippen LogP contribution in [0.4, 0.5) is 0 Å². The number of hydrogen-bond acceptors (Lipinski definition) is 2. The Labute approximate surface area is 97.8 Å². The van der Waals surface area contributed by atoms with Gasteiger partial charge in [0.25, 0.3) is 0 Å². The van der Waals surface area contributed by atoms with Crippen molar-refractivity contribution >= 4 is 21.6 Å². The van der Waals surface area contributed by atoms with Crippen LogP contribution in [0.2, 0.25) is 0 Å². The van der Waals surface area contributed by atoms with Crippen LogP contribution in [0.15, 0.2) is 24.1 Å². The molecule has 0 aromatic heterocycles. The molecule has 15 heavy (non-hydrogen) atoms. The van der Waals surface area contributed by atoms with Gasteiger partial charge in [0.1, 0.15) is 0 Å². The smallest absolute Gasteiger partial charge is 0.0453 e. The van der Waals surface area contributed by atoms with Crippen molar-refractivity contribution < 1.29 is 8.42 Å². The van der Waals surface area contributed by atoms with Gasteiger partial charge >= 0.3 is 0 Å². The second-order valence-electron chi connectivity index (χ2n) is 3.23. The van der Waals surface area contributed by atoms with E-state index in [2.05, 4.69) is 13.5 Å². The van der Waals surface area contributed by atoms with Crippen molar-refractivity contribution in [3.63, 3.8) is 0 Å². The Hall–Kier alpha value is -0.220. The zero-order valence-electron chi connectivity index (χ0n) is 9.31. The van der Waals surface area contributed by atoms with Gasteiger partial charge in [0.05, 0.1) is 0 Å². The van der Waals surface area contributed by atoms with E-state index in [0.29, 0.717) is 11.5 Å². The van der Waals surface area contributed by atoms with Crippen molar-refractivity contribution in [2.24, 2.45) is 0 Å². The Bertz CT molecular complexity index is 247. The predicted molar refractivity (Wildman–Crippen MR) is 69.7 cm³/mol. The predicted octanol–water partition coefficient (Wildman–Crippen LogP) is 2.37. The Morgan fingerprint density at radius 1 is 1.20 bits per heavy atom. The van der Waals surface area contributed by atoms with Crippen LogP contribution in [-0.2, 0) is 21.6 Å². The minimum Gasteiger partial charge on any atom is -0.259 e. The maximum absolute atomic E-state index is 11.4. The Balaban J connectivity index is 3.62. The first-order valence-corrected chi connectivity index (χ1v) is 8.07. The molecule has 0 amide bonds. The lowest BCUT2D eigenvalue weighted by molar-refractivity contribution is 0.681. The normalized spacial score (nSPS) is 15.3. The number of unbranched alkanes of at least 4 members (excludes halogenated alkanes) is 2. The van der Waals surface area contributed by atoms with E-state index in [1.54, 1.807) is 17.6 Å². The van der Waals surface area contributed by atoms with Crippen LogP contribution in [0.1, 0.15) is 26.2 Å². The second kappa shape index (κ2) is 10.3. The second-order valence-corrected chi connectivity index (χ2v) is 6.21. The number of hydrogen-bond donors (Lipinski definition) is 0. The Kier molecular flexibility index (Phi) is 10.2. The van der Waals surface area contributed by atoms with Gasteiger partial charge in [-0.1, -0.05) is 31.9 Å². The summed E-state index contributed by atoms with van der Waals surface area (Å²) < 4.78 is 22.5. The molecule has 0 radical (unpaired) electrons. The fourth-order valence-corrected chi connectivity index (χ4v) is 2.78. The van der Waals surface area contributed by atoms with Gasteiger partial charge in [-0.2, -0.15) is 0 Å². The summed E-state index contributed by atoms with van der Waals surface area (Å²) >= 11 is 0. The average Bonchev–Trinajstić information content (AvgIpc) is 2.18. The van der Waals surface area contributed by atoms with E-state index in [0.717, 1.165) is 25.0 Å². The molecule has 0 aliphatic heterocycles. The molecule has 0 aromatic rings. The fourth-order valence-electron chi connectivity index (χ4n) is 1.02. The molecule has 0 aliphatic carbocycles. The Morgan fingerprint density at radius 3 is 2.53 bits per heavy atom. The van der Waals surface area contributed by atoms with Gasteiger partial charge in [0.2, 0.25) is 0 Å². The van der Waals surface area contributed by atoms with Crippen LogP contribution in [0.3, 0.4) is 0 Å². The van der Waals surface area contributed by atoms with E-state index >= 15 is 0 Å². The van der Waals surface area contributed by atoms with Crippen LogP contribution in [0.25, 0.3) is 0 Å². The highest BCUT2D eigenvalue weighted by molar-refractivity contribution is 7.88. The lowest BCUT2D eigenvalue weighted by atomic mass is 10.3. The fraction of sp³-hybridized carbons (Fsp3) is 0.636. The summed E-state index contributed by atoms with van der Waals surface area (Å²) in [5.74, 6) is 1.71. The van der Waals surface area contributed by atoms with Gasteiger partial charge in [-0.15, -0.1) is 6.58 Å². The van der Waals surface area contributed by atoms with E-state index in [1.807, 2.05) is 0 Å². The van der Waals surface area contributed by atoms with E-state index in [9.17, 15) is 8.42 Å². The van der Waals surface area contributed by atoms with Crippen LogP contribution >= 0.6 is 0 Å². The van der Waals surface area contributed by atoms with Crippen molar-refractivity contribution in [3.05, 3.63) is 24.1 Å². The van der Waals surface area contributed by atoms with Crippen molar-refractivity contribution in [3.8, 4) is 0 Å². The molecule has 0 saturated carbocycles.